The highest BCUT2D eigenvalue weighted by molar-refractivity contribution is 7.89. The van der Waals surface area contributed by atoms with E-state index in [2.05, 4.69) is 9.71 Å². The smallest absolute Gasteiger partial charge is 0.258 e. The number of hydrogen-bond acceptors (Lipinski definition) is 4. The molecule has 0 aliphatic heterocycles. The zero-order valence-corrected chi connectivity index (χ0v) is 9.24. The van der Waals surface area contributed by atoms with Gasteiger partial charge in [0, 0.05) is 18.8 Å². The first kappa shape index (κ1) is 12.1. The van der Waals surface area contributed by atoms with Crippen LogP contribution in [0, 0.1) is 0 Å². The van der Waals surface area contributed by atoms with Crippen LogP contribution in [0.4, 0.5) is 0 Å². The number of aliphatic hydroxyl groups is 1. The molecule has 1 heterocycles. The maximum Gasteiger partial charge on any atom is 0.258 e. The minimum absolute atomic E-state index is 0.00482. The Labute approximate surface area is 89.2 Å². The summed E-state index contributed by atoms with van der Waals surface area (Å²) in [5.41, 5.74) is 0. The molecule has 1 rings (SSSR count). The van der Waals surface area contributed by atoms with Crippen molar-refractivity contribution < 1.29 is 13.5 Å². The van der Waals surface area contributed by atoms with Crippen LogP contribution in [0.3, 0.4) is 0 Å². The predicted octanol–water partition coefficient (Wildman–Crippen LogP) is 0.131. The molecule has 2 N–H and O–H groups in total. The van der Waals surface area contributed by atoms with Crippen LogP contribution in [0.1, 0.15) is 13.3 Å². The molecule has 84 valence electrons. The van der Waals surface area contributed by atoms with Crippen LogP contribution >= 0.6 is 0 Å². The summed E-state index contributed by atoms with van der Waals surface area (Å²) in [4.78, 5) is 3.75. The zero-order valence-electron chi connectivity index (χ0n) is 8.42. The van der Waals surface area contributed by atoms with Gasteiger partial charge in [0.25, 0.3) is 10.0 Å². The number of hydrogen-bond donors (Lipinski definition) is 2. The molecule has 0 saturated carbocycles. The molecule has 0 aliphatic carbocycles. The van der Waals surface area contributed by atoms with E-state index in [1.54, 1.807) is 19.1 Å². The average molecular weight is 230 g/mol. The first-order chi connectivity index (χ1) is 7.06. The van der Waals surface area contributed by atoms with E-state index in [0.29, 0.717) is 6.42 Å². The third-order valence-electron chi connectivity index (χ3n) is 1.83. The highest BCUT2D eigenvalue weighted by Crippen LogP contribution is 2.05. The Kier molecular flexibility index (Phi) is 4.19. The summed E-state index contributed by atoms with van der Waals surface area (Å²) in [5, 5.41) is 8.65. The summed E-state index contributed by atoms with van der Waals surface area (Å²) >= 11 is 0. The summed E-state index contributed by atoms with van der Waals surface area (Å²) in [6, 6.07) is 4.38. The summed E-state index contributed by atoms with van der Waals surface area (Å²) in [6.07, 6.45) is 1.80. The Hall–Kier alpha value is -0.980. The van der Waals surface area contributed by atoms with Gasteiger partial charge in [-0.3, -0.25) is 0 Å². The molecule has 15 heavy (non-hydrogen) atoms. The number of rotatable bonds is 5. The van der Waals surface area contributed by atoms with Gasteiger partial charge in [-0.05, 0) is 25.5 Å². The van der Waals surface area contributed by atoms with Crippen molar-refractivity contribution in [2.75, 3.05) is 6.61 Å². The standard InChI is InChI=1S/C9H14N2O3S/c1-8(5-7-12)11-15(13,14)9-4-2-3-6-10-9/h2-4,6,8,11-12H,5,7H2,1H3. The van der Waals surface area contributed by atoms with E-state index < -0.39 is 10.0 Å². The first-order valence-electron chi connectivity index (χ1n) is 4.60. The largest absolute Gasteiger partial charge is 0.396 e. The molecule has 1 aromatic rings. The van der Waals surface area contributed by atoms with Gasteiger partial charge in [0.15, 0.2) is 5.03 Å². The van der Waals surface area contributed by atoms with Gasteiger partial charge in [-0.2, -0.15) is 0 Å². The Morgan fingerprint density at radius 3 is 2.80 bits per heavy atom. The Bertz CT molecular complexity index is 391. The van der Waals surface area contributed by atoms with E-state index in [1.807, 2.05) is 0 Å². The minimum atomic E-state index is -3.55. The summed E-state index contributed by atoms with van der Waals surface area (Å²) in [6.45, 7) is 1.64. The van der Waals surface area contributed by atoms with Crippen molar-refractivity contribution in [3.8, 4) is 0 Å². The maximum absolute atomic E-state index is 11.7. The SMILES string of the molecule is CC(CCO)NS(=O)(=O)c1ccccn1. The summed E-state index contributed by atoms with van der Waals surface area (Å²) in [7, 11) is -3.55. The number of pyridine rings is 1. The van der Waals surface area contributed by atoms with Crippen LogP contribution in [0.2, 0.25) is 0 Å². The molecule has 5 nitrogen and oxygen atoms in total. The highest BCUT2D eigenvalue weighted by atomic mass is 32.2. The van der Waals surface area contributed by atoms with Crippen LogP contribution in [-0.4, -0.2) is 31.2 Å². The summed E-state index contributed by atoms with van der Waals surface area (Å²) < 4.78 is 25.7. The van der Waals surface area contributed by atoms with E-state index in [0.717, 1.165) is 0 Å². The lowest BCUT2D eigenvalue weighted by molar-refractivity contribution is 0.275. The first-order valence-corrected chi connectivity index (χ1v) is 6.09. The molecule has 0 bridgehead atoms. The molecule has 0 radical (unpaired) electrons. The third-order valence-corrected chi connectivity index (χ3v) is 3.34. The molecule has 0 aromatic carbocycles. The second-order valence-electron chi connectivity index (χ2n) is 3.20. The van der Waals surface area contributed by atoms with E-state index in [1.165, 1.54) is 12.3 Å². The number of nitrogens with one attached hydrogen (secondary N) is 1. The van der Waals surface area contributed by atoms with Crippen molar-refractivity contribution >= 4 is 10.0 Å². The molecule has 1 aromatic heterocycles. The van der Waals surface area contributed by atoms with Crippen molar-refractivity contribution in [1.29, 1.82) is 0 Å². The van der Waals surface area contributed by atoms with E-state index in [9.17, 15) is 8.42 Å². The van der Waals surface area contributed by atoms with Gasteiger partial charge in [0.1, 0.15) is 0 Å². The lowest BCUT2D eigenvalue weighted by Gasteiger charge is -2.11. The normalized spacial score (nSPS) is 13.7. The van der Waals surface area contributed by atoms with Gasteiger partial charge in [0.2, 0.25) is 0 Å². The number of aliphatic hydroxyl groups excluding tert-OH is 1. The molecule has 0 saturated heterocycles. The fraction of sp³-hybridized carbons (Fsp3) is 0.444. The average Bonchev–Trinajstić information content (AvgIpc) is 2.18. The maximum atomic E-state index is 11.7. The molecule has 1 atom stereocenters. The van der Waals surface area contributed by atoms with Crippen molar-refractivity contribution in [3.63, 3.8) is 0 Å². The number of sulfonamides is 1. The minimum Gasteiger partial charge on any atom is -0.396 e. The second-order valence-corrected chi connectivity index (χ2v) is 4.86. The van der Waals surface area contributed by atoms with Crippen LogP contribution in [-0.2, 0) is 10.0 Å². The quantitative estimate of drug-likeness (QED) is 0.753. The van der Waals surface area contributed by atoms with Crippen molar-refractivity contribution in [2.45, 2.75) is 24.4 Å². The van der Waals surface area contributed by atoms with Gasteiger partial charge >= 0.3 is 0 Å². The van der Waals surface area contributed by atoms with E-state index >= 15 is 0 Å². The molecular formula is C9H14N2O3S. The van der Waals surface area contributed by atoms with Crippen molar-refractivity contribution in [2.24, 2.45) is 0 Å². The molecule has 1 unspecified atom stereocenters. The lowest BCUT2D eigenvalue weighted by Crippen LogP contribution is -2.33. The van der Waals surface area contributed by atoms with Crippen molar-refractivity contribution in [3.05, 3.63) is 24.4 Å². The van der Waals surface area contributed by atoms with Gasteiger partial charge in [-0.15, -0.1) is 0 Å². The van der Waals surface area contributed by atoms with Crippen LogP contribution in [0.25, 0.3) is 0 Å². The van der Waals surface area contributed by atoms with E-state index in [4.69, 9.17) is 5.11 Å². The molecule has 0 fully saturated rings. The lowest BCUT2D eigenvalue weighted by atomic mass is 10.3. The van der Waals surface area contributed by atoms with Gasteiger partial charge < -0.3 is 5.11 Å². The topological polar surface area (TPSA) is 79.3 Å². The molecule has 6 heteroatoms. The fourth-order valence-electron chi connectivity index (χ4n) is 1.08. The van der Waals surface area contributed by atoms with Crippen LogP contribution in [0.5, 0.6) is 0 Å². The molecule has 0 amide bonds. The number of aromatic nitrogens is 1. The van der Waals surface area contributed by atoms with Crippen LogP contribution in [0.15, 0.2) is 29.4 Å². The second kappa shape index (κ2) is 5.20. The Morgan fingerprint density at radius 1 is 1.53 bits per heavy atom. The molecule has 0 spiro atoms. The number of nitrogens with zero attached hydrogens (tertiary/aromatic N) is 1. The van der Waals surface area contributed by atoms with Crippen LogP contribution < -0.4 is 4.72 Å². The monoisotopic (exact) mass is 230 g/mol. The van der Waals surface area contributed by atoms with Crippen molar-refractivity contribution in [1.82, 2.24) is 9.71 Å². The van der Waals surface area contributed by atoms with E-state index in [-0.39, 0.29) is 17.7 Å². The highest BCUT2D eigenvalue weighted by Gasteiger charge is 2.17. The third kappa shape index (κ3) is 3.58. The van der Waals surface area contributed by atoms with Gasteiger partial charge in [0.05, 0.1) is 0 Å². The van der Waals surface area contributed by atoms with Gasteiger partial charge in [-0.1, -0.05) is 6.07 Å². The molecular weight excluding hydrogens is 216 g/mol. The Morgan fingerprint density at radius 2 is 2.27 bits per heavy atom. The Balaban J connectivity index is 2.77. The predicted molar refractivity (Wildman–Crippen MR) is 55.7 cm³/mol. The summed E-state index contributed by atoms with van der Waals surface area (Å²) in [5.74, 6) is 0. The molecule has 0 aliphatic rings. The van der Waals surface area contributed by atoms with Gasteiger partial charge in [-0.25, -0.2) is 18.1 Å². The fourth-order valence-corrected chi connectivity index (χ4v) is 2.31. The zero-order chi connectivity index (χ0) is 11.3.